The van der Waals surface area contributed by atoms with E-state index >= 15 is 0 Å². The third kappa shape index (κ3) is 1.43. The van der Waals surface area contributed by atoms with Crippen molar-refractivity contribution in [1.82, 2.24) is 4.68 Å². The molecule has 3 rings (SSSR count). The van der Waals surface area contributed by atoms with Crippen LogP contribution in [0, 0.1) is 0 Å². The van der Waals surface area contributed by atoms with E-state index < -0.39 is 0 Å². The molecule has 3 heteroatoms. The van der Waals surface area contributed by atoms with Crippen molar-refractivity contribution in [2.45, 2.75) is 19.3 Å². The Labute approximate surface area is 94.9 Å². The van der Waals surface area contributed by atoms with Crippen LogP contribution in [0.4, 0.5) is 0 Å². The minimum Gasteiger partial charge on any atom is -0.506 e. The Morgan fingerprint density at radius 1 is 1.00 bits per heavy atom. The maximum atomic E-state index is 9.88. The lowest BCUT2D eigenvalue weighted by Gasteiger charge is -2.30. The summed E-state index contributed by atoms with van der Waals surface area (Å²) in [6.45, 7) is 2.16. The standard InChI is InChI=1S/C13H16N2O/c16-13-10-15(14-8-4-1-5-9-14)12-7-3-2-6-11(12)13/h2-3,6-7,10,16H,1,4-5,8-9H2. The van der Waals surface area contributed by atoms with E-state index in [1.54, 1.807) is 0 Å². The molecular formula is C13H16N2O. The van der Waals surface area contributed by atoms with Gasteiger partial charge in [0, 0.05) is 18.5 Å². The normalized spacial score (nSPS) is 16.9. The minimum atomic E-state index is 0.376. The Kier molecular flexibility index (Phi) is 2.24. The van der Waals surface area contributed by atoms with Crippen LogP contribution in [0.25, 0.3) is 10.9 Å². The average Bonchev–Trinajstić information content (AvgIpc) is 2.69. The Morgan fingerprint density at radius 3 is 2.56 bits per heavy atom. The molecule has 0 atom stereocenters. The van der Waals surface area contributed by atoms with Gasteiger partial charge >= 0.3 is 0 Å². The SMILES string of the molecule is Oc1cn(N2CCCCC2)c2ccccc12. The second-order valence-electron chi connectivity index (χ2n) is 4.39. The van der Waals surface area contributed by atoms with E-state index in [9.17, 15) is 5.11 Å². The van der Waals surface area contributed by atoms with Gasteiger partial charge in [0.05, 0.1) is 11.7 Å². The predicted octanol–water partition coefficient (Wildman–Crippen LogP) is 2.47. The van der Waals surface area contributed by atoms with Gasteiger partial charge in [-0.05, 0) is 31.4 Å². The summed E-state index contributed by atoms with van der Waals surface area (Å²) in [6.07, 6.45) is 5.64. The van der Waals surface area contributed by atoms with E-state index in [4.69, 9.17) is 0 Å². The number of benzene rings is 1. The fraction of sp³-hybridized carbons (Fsp3) is 0.385. The minimum absolute atomic E-state index is 0.376. The van der Waals surface area contributed by atoms with Gasteiger partial charge in [0.15, 0.2) is 0 Å². The number of fused-ring (bicyclic) bond motifs is 1. The lowest BCUT2D eigenvalue weighted by molar-refractivity contribution is 0.463. The Hall–Kier alpha value is -1.64. The summed E-state index contributed by atoms with van der Waals surface area (Å²) in [5, 5.41) is 13.1. The third-order valence-electron chi connectivity index (χ3n) is 3.31. The highest BCUT2D eigenvalue weighted by atomic mass is 16.3. The van der Waals surface area contributed by atoms with Gasteiger partial charge in [-0.25, -0.2) is 0 Å². The molecule has 0 amide bonds. The number of nitrogens with zero attached hydrogens (tertiary/aromatic N) is 2. The van der Waals surface area contributed by atoms with Crippen LogP contribution >= 0.6 is 0 Å². The van der Waals surface area contributed by atoms with E-state index in [-0.39, 0.29) is 0 Å². The van der Waals surface area contributed by atoms with E-state index in [1.165, 1.54) is 19.3 Å². The summed E-state index contributed by atoms with van der Waals surface area (Å²) >= 11 is 0. The second-order valence-corrected chi connectivity index (χ2v) is 4.39. The quantitative estimate of drug-likeness (QED) is 0.793. The number of aromatic nitrogens is 1. The van der Waals surface area contributed by atoms with Crippen LogP contribution in [0.1, 0.15) is 19.3 Å². The smallest absolute Gasteiger partial charge is 0.143 e. The molecule has 3 nitrogen and oxygen atoms in total. The van der Waals surface area contributed by atoms with E-state index in [0.29, 0.717) is 5.75 Å². The van der Waals surface area contributed by atoms with Crippen molar-refractivity contribution < 1.29 is 5.11 Å². The number of piperidine rings is 1. The topological polar surface area (TPSA) is 28.4 Å². The van der Waals surface area contributed by atoms with Gasteiger partial charge in [0.2, 0.25) is 0 Å². The molecule has 1 aromatic heterocycles. The third-order valence-corrected chi connectivity index (χ3v) is 3.31. The Morgan fingerprint density at radius 2 is 1.75 bits per heavy atom. The molecule has 0 spiro atoms. The summed E-state index contributed by atoms with van der Waals surface area (Å²) in [7, 11) is 0. The maximum Gasteiger partial charge on any atom is 0.143 e. The fourth-order valence-corrected chi connectivity index (χ4v) is 2.47. The molecule has 1 saturated heterocycles. The molecule has 1 aromatic carbocycles. The van der Waals surface area contributed by atoms with Gasteiger partial charge in [-0.15, -0.1) is 0 Å². The molecule has 0 saturated carbocycles. The molecule has 1 aliphatic heterocycles. The molecule has 0 aliphatic carbocycles. The van der Waals surface area contributed by atoms with Gasteiger partial charge in [-0.2, -0.15) is 0 Å². The molecule has 16 heavy (non-hydrogen) atoms. The molecule has 1 N–H and O–H groups in total. The fourth-order valence-electron chi connectivity index (χ4n) is 2.47. The Bertz CT molecular complexity index is 498. The van der Waals surface area contributed by atoms with Crippen LogP contribution in [-0.2, 0) is 0 Å². The zero-order valence-electron chi connectivity index (χ0n) is 9.26. The van der Waals surface area contributed by atoms with Crippen molar-refractivity contribution in [3.05, 3.63) is 30.5 Å². The van der Waals surface area contributed by atoms with Crippen LogP contribution in [0.2, 0.25) is 0 Å². The monoisotopic (exact) mass is 216 g/mol. The highest BCUT2D eigenvalue weighted by molar-refractivity contribution is 5.86. The van der Waals surface area contributed by atoms with Crippen LogP contribution in [0.3, 0.4) is 0 Å². The van der Waals surface area contributed by atoms with Crippen LogP contribution < -0.4 is 5.01 Å². The largest absolute Gasteiger partial charge is 0.506 e. The Balaban J connectivity index is 2.08. The molecule has 0 unspecified atom stereocenters. The van der Waals surface area contributed by atoms with Gasteiger partial charge in [-0.1, -0.05) is 12.1 Å². The van der Waals surface area contributed by atoms with Gasteiger partial charge in [-0.3, -0.25) is 4.68 Å². The summed E-state index contributed by atoms with van der Waals surface area (Å²) < 4.78 is 2.10. The molecular weight excluding hydrogens is 200 g/mol. The van der Waals surface area contributed by atoms with E-state index in [0.717, 1.165) is 24.0 Å². The van der Waals surface area contributed by atoms with Crippen molar-refractivity contribution in [1.29, 1.82) is 0 Å². The summed E-state index contributed by atoms with van der Waals surface area (Å²) in [4.78, 5) is 0. The zero-order chi connectivity index (χ0) is 11.0. The molecule has 0 bridgehead atoms. The summed E-state index contributed by atoms with van der Waals surface area (Å²) in [6, 6.07) is 8.00. The number of hydrogen-bond donors (Lipinski definition) is 1. The zero-order valence-corrected chi connectivity index (χ0v) is 9.26. The molecule has 2 aromatic rings. The van der Waals surface area contributed by atoms with Crippen LogP contribution in [0.5, 0.6) is 5.75 Å². The lowest BCUT2D eigenvalue weighted by atomic mass is 10.2. The van der Waals surface area contributed by atoms with Crippen molar-refractivity contribution in [2.75, 3.05) is 18.1 Å². The highest BCUT2D eigenvalue weighted by Crippen LogP contribution is 2.27. The highest BCUT2D eigenvalue weighted by Gasteiger charge is 2.14. The van der Waals surface area contributed by atoms with Gasteiger partial charge in [0.25, 0.3) is 0 Å². The molecule has 1 fully saturated rings. The molecule has 0 radical (unpaired) electrons. The lowest BCUT2D eigenvalue weighted by Crippen LogP contribution is -2.38. The number of aromatic hydroxyl groups is 1. The first-order chi connectivity index (χ1) is 7.86. The first-order valence-corrected chi connectivity index (χ1v) is 5.90. The average molecular weight is 216 g/mol. The van der Waals surface area contributed by atoms with E-state index in [2.05, 4.69) is 15.8 Å². The number of hydrogen-bond acceptors (Lipinski definition) is 2. The molecule has 1 aliphatic rings. The van der Waals surface area contributed by atoms with Crippen LogP contribution in [-0.4, -0.2) is 22.9 Å². The van der Waals surface area contributed by atoms with Crippen molar-refractivity contribution in [3.8, 4) is 5.75 Å². The van der Waals surface area contributed by atoms with Crippen molar-refractivity contribution in [2.24, 2.45) is 0 Å². The second kappa shape index (κ2) is 3.74. The van der Waals surface area contributed by atoms with Gasteiger partial charge in [0.1, 0.15) is 5.75 Å². The number of rotatable bonds is 1. The van der Waals surface area contributed by atoms with Crippen molar-refractivity contribution >= 4 is 10.9 Å². The first-order valence-electron chi connectivity index (χ1n) is 5.90. The number of para-hydroxylation sites is 1. The first kappa shape index (κ1) is 9.58. The van der Waals surface area contributed by atoms with Gasteiger partial charge < -0.3 is 10.1 Å². The molecule has 2 heterocycles. The summed E-state index contributed by atoms with van der Waals surface area (Å²) in [5.41, 5.74) is 1.10. The van der Waals surface area contributed by atoms with Crippen LogP contribution in [0.15, 0.2) is 30.5 Å². The summed E-state index contributed by atoms with van der Waals surface area (Å²) in [5.74, 6) is 0.376. The molecule has 84 valence electrons. The predicted molar refractivity (Wildman–Crippen MR) is 65.4 cm³/mol. The van der Waals surface area contributed by atoms with E-state index in [1.807, 2.05) is 24.4 Å². The van der Waals surface area contributed by atoms with Crippen molar-refractivity contribution in [3.63, 3.8) is 0 Å². The maximum absolute atomic E-state index is 9.88.